The number of rotatable bonds is 5. The molecule has 2 unspecified atom stereocenters. The topological polar surface area (TPSA) is 32.5 Å². The Morgan fingerprint density at radius 1 is 1.43 bits per heavy atom. The van der Waals surface area contributed by atoms with Crippen molar-refractivity contribution in [2.75, 3.05) is 33.7 Å². The highest BCUT2D eigenvalue weighted by Crippen LogP contribution is 2.26. The Morgan fingerprint density at radius 2 is 2.19 bits per heavy atom. The molecule has 0 aromatic heterocycles. The zero-order chi connectivity index (χ0) is 15.5. The molecule has 1 aromatic rings. The summed E-state index contributed by atoms with van der Waals surface area (Å²) in [6.07, 6.45) is 3.23. The first-order valence-electron chi connectivity index (χ1n) is 7.80. The summed E-state index contributed by atoms with van der Waals surface area (Å²) in [6, 6.07) is 7.47. The van der Waals surface area contributed by atoms with Gasteiger partial charge in [-0.05, 0) is 64.5 Å². The highest BCUT2D eigenvalue weighted by atomic mass is 19.1. The SMILES string of the molecule is CN(C)C1CCCN(C(C)(CN)Cc2cccc(F)c2)C1. The van der Waals surface area contributed by atoms with Crippen LogP contribution < -0.4 is 5.73 Å². The van der Waals surface area contributed by atoms with Crippen LogP contribution in [0.4, 0.5) is 4.39 Å². The zero-order valence-corrected chi connectivity index (χ0v) is 13.5. The van der Waals surface area contributed by atoms with E-state index in [9.17, 15) is 4.39 Å². The molecule has 2 N–H and O–H groups in total. The minimum absolute atomic E-state index is 0.109. The van der Waals surface area contributed by atoms with Crippen LogP contribution in [0.25, 0.3) is 0 Å². The van der Waals surface area contributed by atoms with E-state index in [-0.39, 0.29) is 11.4 Å². The Hall–Kier alpha value is -0.970. The smallest absolute Gasteiger partial charge is 0.123 e. The van der Waals surface area contributed by atoms with Crippen LogP contribution in [0.2, 0.25) is 0 Å². The second-order valence-electron chi connectivity index (χ2n) is 6.71. The minimum Gasteiger partial charge on any atom is -0.329 e. The Balaban J connectivity index is 2.12. The average Bonchev–Trinajstić information content (AvgIpc) is 2.47. The van der Waals surface area contributed by atoms with E-state index in [0.717, 1.165) is 25.1 Å². The largest absolute Gasteiger partial charge is 0.329 e. The fourth-order valence-electron chi connectivity index (χ4n) is 3.27. The molecule has 4 heteroatoms. The average molecular weight is 293 g/mol. The van der Waals surface area contributed by atoms with Gasteiger partial charge in [-0.2, -0.15) is 0 Å². The van der Waals surface area contributed by atoms with Gasteiger partial charge in [-0.25, -0.2) is 4.39 Å². The number of hydrogen-bond acceptors (Lipinski definition) is 3. The molecule has 21 heavy (non-hydrogen) atoms. The molecule has 0 aliphatic carbocycles. The first-order valence-corrected chi connectivity index (χ1v) is 7.80. The number of likely N-dealkylation sites (N-methyl/N-ethyl adjacent to an activating group) is 1. The number of nitrogens with zero attached hydrogens (tertiary/aromatic N) is 2. The minimum atomic E-state index is -0.170. The van der Waals surface area contributed by atoms with E-state index in [0.29, 0.717) is 12.6 Å². The summed E-state index contributed by atoms with van der Waals surface area (Å²) in [7, 11) is 4.28. The van der Waals surface area contributed by atoms with Crippen LogP contribution in [-0.2, 0) is 6.42 Å². The van der Waals surface area contributed by atoms with E-state index >= 15 is 0 Å². The standard InChI is InChI=1S/C17H28FN3/c1-17(13-19,11-14-6-4-7-15(18)10-14)21-9-5-8-16(12-21)20(2)3/h4,6-7,10,16H,5,8-9,11-13,19H2,1-3H3. The maximum absolute atomic E-state index is 13.4. The van der Waals surface area contributed by atoms with Gasteiger partial charge < -0.3 is 10.6 Å². The van der Waals surface area contributed by atoms with Gasteiger partial charge in [0.2, 0.25) is 0 Å². The fourth-order valence-corrected chi connectivity index (χ4v) is 3.27. The molecule has 2 rings (SSSR count). The van der Waals surface area contributed by atoms with Crippen molar-refractivity contribution in [3.8, 4) is 0 Å². The second kappa shape index (κ2) is 6.86. The summed E-state index contributed by atoms with van der Waals surface area (Å²) in [5.74, 6) is -0.170. The van der Waals surface area contributed by atoms with Gasteiger partial charge in [0, 0.05) is 24.7 Å². The molecule has 118 valence electrons. The summed E-state index contributed by atoms with van der Waals surface area (Å²) < 4.78 is 13.4. The Labute approximate surface area is 127 Å². The van der Waals surface area contributed by atoms with Crippen molar-refractivity contribution in [1.29, 1.82) is 0 Å². The molecule has 1 aromatic carbocycles. The van der Waals surface area contributed by atoms with Gasteiger partial charge in [0.05, 0.1) is 0 Å². The van der Waals surface area contributed by atoms with Gasteiger partial charge >= 0.3 is 0 Å². The summed E-state index contributed by atoms with van der Waals surface area (Å²) in [4.78, 5) is 4.79. The van der Waals surface area contributed by atoms with Crippen molar-refractivity contribution < 1.29 is 4.39 Å². The maximum Gasteiger partial charge on any atom is 0.123 e. The maximum atomic E-state index is 13.4. The van der Waals surface area contributed by atoms with Gasteiger partial charge in [-0.1, -0.05) is 12.1 Å². The summed E-state index contributed by atoms with van der Waals surface area (Å²) in [5, 5.41) is 0. The lowest BCUT2D eigenvalue weighted by molar-refractivity contribution is 0.0455. The van der Waals surface area contributed by atoms with Crippen molar-refractivity contribution >= 4 is 0 Å². The normalized spacial score (nSPS) is 23.2. The molecule has 1 saturated heterocycles. The van der Waals surface area contributed by atoms with E-state index in [2.05, 4.69) is 30.8 Å². The lowest BCUT2D eigenvalue weighted by atomic mass is 9.88. The molecule has 0 amide bonds. The third kappa shape index (κ3) is 4.02. The van der Waals surface area contributed by atoms with Gasteiger partial charge in [-0.15, -0.1) is 0 Å². The first-order chi connectivity index (χ1) is 9.94. The molecule has 0 radical (unpaired) electrons. The molecular weight excluding hydrogens is 265 g/mol. The number of likely N-dealkylation sites (tertiary alicyclic amines) is 1. The van der Waals surface area contributed by atoms with E-state index < -0.39 is 0 Å². The summed E-state index contributed by atoms with van der Waals surface area (Å²) in [6.45, 7) is 4.91. The molecule has 0 saturated carbocycles. The van der Waals surface area contributed by atoms with Gasteiger partial charge in [-0.3, -0.25) is 4.90 Å². The predicted molar refractivity (Wildman–Crippen MR) is 85.8 cm³/mol. The van der Waals surface area contributed by atoms with Gasteiger partial charge in [0.15, 0.2) is 0 Å². The van der Waals surface area contributed by atoms with Crippen molar-refractivity contribution in [2.24, 2.45) is 5.73 Å². The Bertz CT molecular complexity index is 463. The van der Waals surface area contributed by atoms with Crippen molar-refractivity contribution in [3.05, 3.63) is 35.6 Å². The Morgan fingerprint density at radius 3 is 2.81 bits per heavy atom. The molecule has 3 nitrogen and oxygen atoms in total. The lowest BCUT2D eigenvalue weighted by Crippen LogP contribution is -2.59. The van der Waals surface area contributed by atoms with Crippen molar-refractivity contribution in [3.63, 3.8) is 0 Å². The molecule has 0 bridgehead atoms. The van der Waals surface area contributed by atoms with E-state index in [4.69, 9.17) is 5.73 Å². The Kier molecular flexibility index (Phi) is 5.36. The highest BCUT2D eigenvalue weighted by Gasteiger charge is 2.34. The second-order valence-corrected chi connectivity index (χ2v) is 6.71. The van der Waals surface area contributed by atoms with E-state index in [1.165, 1.54) is 18.9 Å². The number of piperidine rings is 1. The first kappa shape index (κ1) is 16.4. The molecule has 1 heterocycles. The third-order valence-corrected chi connectivity index (χ3v) is 4.80. The van der Waals surface area contributed by atoms with Crippen LogP contribution in [-0.4, -0.2) is 55.1 Å². The monoisotopic (exact) mass is 293 g/mol. The van der Waals surface area contributed by atoms with Crippen LogP contribution in [0.3, 0.4) is 0 Å². The number of hydrogen-bond donors (Lipinski definition) is 1. The van der Waals surface area contributed by atoms with Crippen LogP contribution in [0.1, 0.15) is 25.3 Å². The molecule has 2 atom stereocenters. The van der Waals surface area contributed by atoms with Crippen molar-refractivity contribution in [1.82, 2.24) is 9.80 Å². The van der Waals surface area contributed by atoms with E-state index in [1.807, 2.05) is 6.07 Å². The van der Waals surface area contributed by atoms with Gasteiger partial charge in [0.1, 0.15) is 5.82 Å². The molecular formula is C17H28FN3. The molecule has 1 fully saturated rings. The quantitative estimate of drug-likeness (QED) is 0.902. The zero-order valence-electron chi connectivity index (χ0n) is 13.5. The number of halogens is 1. The number of benzene rings is 1. The van der Waals surface area contributed by atoms with Gasteiger partial charge in [0.25, 0.3) is 0 Å². The van der Waals surface area contributed by atoms with E-state index in [1.54, 1.807) is 12.1 Å². The number of nitrogens with two attached hydrogens (primary N) is 1. The van der Waals surface area contributed by atoms with Crippen LogP contribution in [0.15, 0.2) is 24.3 Å². The van der Waals surface area contributed by atoms with Crippen molar-refractivity contribution in [2.45, 2.75) is 37.8 Å². The molecule has 1 aliphatic heterocycles. The predicted octanol–water partition coefficient (Wildman–Crippen LogP) is 2.11. The summed E-state index contributed by atoms with van der Waals surface area (Å²) >= 11 is 0. The highest BCUT2D eigenvalue weighted by molar-refractivity contribution is 5.19. The molecule has 1 aliphatic rings. The third-order valence-electron chi connectivity index (χ3n) is 4.80. The van der Waals surface area contributed by atoms with Crippen LogP contribution >= 0.6 is 0 Å². The summed E-state index contributed by atoms with van der Waals surface area (Å²) in [5.41, 5.74) is 7.01. The lowest BCUT2D eigenvalue weighted by Gasteiger charge is -2.46. The molecule has 0 spiro atoms. The van der Waals surface area contributed by atoms with Crippen LogP contribution in [0.5, 0.6) is 0 Å². The fraction of sp³-hybridized carbons (Fsp3) is 0.647. The van der Waals surface area contributed by atoms with Crippen LogP contribution in [0, 0.1) is 5.82 Å².